The molecule has 0 saturated carbocycles. The lowest BCUT2D eigenvalue weighted by Crippen LogP contribution is -1.74. The highest BCUT2D eigenvalue weighted by molar-refractivity contribution is 4.97. The molecule has 53 valence electrons. The third kappa shape index (κ3) is 5.61. The number of rotatable bonds is 4. The van der Waals surface area contributed by atoms with E-state index in [9.17, 15) is 0 Å². The van der Waals surface area contributed by atoms with Gasteiger partial charge in [0.15, 0.2) is 0 Å². The van der Waals surface area contributed by atoms with Gasteiger partial charge < -0.3 is 0 Å². The van der Waals surface area contributed by atoms with Crippen LogP contribution in [0.25, 0.3) is 0 Å². The van der Waals surface area contributed by atoms with E-state index in [1.807, 2.05) is 0 Å². The fourth-order valence-electron chi connectivity index (χ4n) is 0.845. The molecule has 0 aliphatic heterocycles. The zero-order valence-electron chi connectivity index (χ0n) is 6.61. The lowest BCUT2D eigenvalue weighted by atomic mass is 10.1. The first-order valence-corrected chi connectivity index (χ1v) is 3.76. The van der Waals surface area contributed by atoms with Crippen LogP contribution in [0.4, 0.5) is 0 Å². The van der Waals surface area contributed by atoms with E-state index in [-0.39, 0.29) is 0 Å². The van der Waals surface area contributed by atoms with E-state index in [1.54, 1.807) is 0 Å². The number of hydrogen-bond donors (Lipinski definition) is 0. The molecule has 0 aliphatic rings. The van der Waals surface area contributed by atoms with E-state index in [0.29, 0.717) is 0 Å². The maximum absolute atomic E-state index is 3.77. The van der Waals surface area contributed by atoms with Gasteiger partial charge in [0, 0.05) is 0 Å². The van der Waals surface area contributed by atoms with Crippen LogP contribution in [-0.2, 0) is 0 Å². The third-order valence-corrected chi connectivity index (χ3v) is 1.34. The van der Waals surface area contributed by atoms with E-state index < -0.39 is 0 Å². The van der Waals surface area contributed by atoms with Crippen molar-refractivity contribution in [3.05, 3.63) is 18.6 Å². The second-order valence-electron chi connectivity index (χ2n) is 2.44. The molecule has 0 heteroatoms. The summed E-state index contributed by atoms with van der Waals surface area (Å²) in [5.74, 6) is 0. The Morgan fingerprint density at radius 1 is 1.56 bits per heavy atom. The van der Waals surface area contributed by atoms with Crippen molar-refractivity contribution in [3.8, 4) is 0 Å². The van der Waals surface area contributed by atoms with Crippen LogP contribution < -0.4 is 0 Å². The minimum absolute atomic E-state index is 1.03. The van der Waals surface area contributed by atoms with E-state index in [1.165, 1.54) is 18.4 Å². The quantitative estimate of drug-likeness (QED) is 0.505. The molecule has 0 atom stereocenters. The highest BCUT2D eigenvalue weighted by Crippen LogP contribution is 2.04. The van der Waals surface area contributed by atoms with Crippen LogP contribution in [0, 0.1) is 6.92 Å². The maximum Gasteiger partial charge on any atom is -0.0326 e. The van der Waals surface area contributed by atoms with Crippen molar-refractivity contribution in [1.29, 1.82) is 0 Å². The molecular weight excluding hydrogens is 108 g/mol. The Morgan fingerprint density at radius 2 is 2.22 bits per heavy atom. The minimum atomic E-state index is 1.03. The Bertz CT molecular complexity index is 80.0. The molecule has 0 aromatic heterocycles. The van der Waals surface area contributed by atoms with Crippen LogP contribution in [0.15, 0.2) is 11.6 Å². The van der Waals surface area contributed by atoms with Gasteiger partial charge in [0.2, 0.25) is 0 Å². The fourth-order valence-corrected chi connectivity index (χ4v) is 0.845. The first-order valence-electron chi connectivity index (χ1n) is 3.76. The van der Waals surface area contributed by atoms with E-state index in [4.69, 9.17) is 0 Å². The average Bonchev–Trinajstić information content (AvgIpc) is 1.85. The van der Waals surface area contributed by atoms with Crippen LogP contribution in [0.5, 0.6) is 0 Å². The normalized spacial score (nSPS) is 12.1. The van der Waals surface area contributed by atoms with E-state index in [0.717, 1.165) is 12.8 Å². The van der Waals surface area contributed by atoms with Crippen molar-refractivity contribution in [1.82, 2.24) is 0 Å². The van der Waals surface area contributed by atoms with Crippen LogP contribution in [0.3, 0.4) is 0 Å². The summed E-state index contributed by atoms with van der Waals surface area (Å²) in [5, 5.41) is 0. The van der Waals surface area contributed by atoms with Gasteiger partial charge in [-0.2, -0.15) is 0 Å². The Kier molecular flexibility index (Phi) is 5.70. The largest absolute Gasteiger partial charge is 0.0856 e. The predicted molar refractivity (Wildman–Crippen MR) is 43.3 cm³/mol. The smallest absolute Gasteiger partial charge is 0.0326 e. The molecule has 0 fully saturated rings. The molecule has 0 nitrogen and oxygen atoms in total. The minimum Gasteiger partial charge on any atom is -0.0856 e. The van der Waals surface area contributed by atoms with Gasteiger partial charge in [-0.15, -0.1) is 0 Å². The summed E-state index contributed by atoms with van der Waals surface area (Å²) in [6, 6.07) is 0. The highest BCUT2D eigenvalue weighted by Gasteiger charge is 1.84. The number of allylic oxidation sites excluding steroid dienone is 2. The van der Waals surface area contributed by atoms with Gasteiger partial charge in [-0.25, -0.2) is 0 Å². The molecule has 0 bridgehead atoms. The van der Waals surface area contributed by atoms with Gasteiger partial charge in [-0.3, -0.25) is 0 Å². The Morgan fingerprint density at radius 3 is 2.67 bits per heavy atom. The van der Waals surface area contributed by atoms with E-state index in [2.05, 4.69) is 26.8 Å². The Labute approximate surface area is 59.0 Å². The molecule has 0 N–H and O–H groups in total. The van der Waals surface area contributed by atoms with Crippen LogP contribution in [-0.4, -0.2) is 0 Å². The van der Waals surface area contributed by atoms with Crippen molar-refractivity contribution in [2.24, 2.45) is 0 Å². The molecule has 0 aromatic rings. The summed E-state index contributed by atoms with van der Waals surface area (Å²) in [7, 11) is 0. The standard InChI is InChI=1S/C9H17/c1-4-6-8-9(3)7-5-2/h8H,1,4-7H2,2-3H3. The molecule has 1 radical (unpaired) electrons. The molecular formula is C9H17. The van der Waals surface area contributed by atoms with Gasteiger partial charge in [-0.1, -0.05) is 31.9 Å². The average molecular weight is 125 g/mol. The monoisotopic (exact) mass is 125 g/mol. The summed E-state index contributed by atoms with van der Waals surface area (Å²) in [6.45, 7) is 8.18. The van der Waals surface area contributed by atoms with Crippen molar-refractivity contribution < 1.29 is 0 Å². The Hall–Kier alpha value is -0.260. The fraction of sp³-hybridized carbons (Fsp3) is 0.667. The Balaban J connectivity index is 3.30. The van der Waals surface area contributed by atoms with Crippen LogP contribution in [0.2, 0.25) is 0 Å². The molecule has 0 amide bonds. The molecule has 0 rings (SSSR count). The lowest BCUT2D eigenvalue weighted by molar-refractivity contribution is 0.888. The molecule has 0 spiro atoms. The molecule has 9 heavy (non-hydrogen) atoms. The summed E-state index contributed by atoms with van der Waals surface area (Å²) in [4.78, 5) is 0. The summed E-state index contributed by atoms with van der Waals surface area (Å²) >= 11 is 0. The first kappa shape index (κ1) is 8.74. The van der Waals surface area contributed by atoms with E-state index >= 15 is 0 Å². The van der Waals surface area contributed by atoms with Crippen molar-refractivity contribution in [2.45, 2.75) is 39.5 Å². The van der Waals surface area contributed by atoms with Gasteiger partial charge in [0.05, 0.1) is 0 Å². The van der Waals surface area contributed by atoms with Crippen LogP contribution in [0.1, 0.15) is 39.5 Å². The molecule has 0 unspecified atom stereocenters. The number of unbranched alkanes of at least 4 members (excludes halogenated alkanes) is 1. The SMILES string of the molecule is [CH2]CCC=C(C)CCC. The molecule has 0 aliphatic carbocycles. The maximum atomic E-state index is 3.77. The topological polar surface area (TPSA) is 0 Å². The summed E-state index contributed by atoms with van der Waals surface area (Å²) in [6.07, 6.45) is 6.98. The lowest BCUT2D eigenvalue weighted by Gasteiger charge is -1.94. The third-order valence-electron chi connectivity index (χ3n) is 1.34. The molecule has 0 heterocycles. The molecule has 0 saturated heterocycles. The molecule has 0 aromatic carbocycles. The van der Waals surface area contributed by atoms with Crippen molar-refractivity contribution >= 4 is 0 Å². The first-order chi connectivity index (χ1) is 4.31. The van der Waals surface area contributed by atoms with Gasteiger partial charge in [-0.05, 0) is 26.2 Å². The summed E-state index contributed by atoms with van der Waals surface area (Å²) < 4.78 is 0. The van der Waals surface area contributed by atoms with Crippen LogP contribution >= 0.6 is 0 Å². The zero-order valence-corrected chi connectivity index (χ0v) is 6.61. The second kappa shape index (κ2) is 5.87. The van der Waals surface area contributed by atoms with Gasteiger partial charge in [0.1, 0.15) is 0 Å². The predicted octanol–water partition coefficient (Wildman–Crippen LogP) is 3.35. The van der Waals surface area contributed by atoms with Gasteiger partial charge in [0.25, 0.3) is 0 Å². The van der Waals surface area contributed by atoms with Gasteiger partial charge >= 0.3 is 0 Å². The van der Waals surface area contributed by atoms with Crippen molar-refractivity contribution in [3.63, 3.8) is 0 Å². The highest BCUT2D eigenvalue weighted by atomic mass is 13.9. The number of hydrogen-bond acceptors (Lipinski definition) is 0. The zero-order chi connectivity index (χ0) is 7.11. The van der Waals surface area contributed by atoms with Crippen molar-refractivity contribution in [2.75, 3.05) is 0 Å². The summed E-state index contributed by atoms with van der Waals surface area (Å²) in [5.41, 5.74) is 1.51. The second-order valence-corrected chi connectivity index (χ2v) is 2.44.